The van der Waals surface area contributed by atoms with E-state index < -0.39 is 11.6 Å². The van der Waals surface area contributed by atoms with Gasteiger partial charge in [-0.05, 0) is 45.4 Å². The fourth-order valence-corrected chi connectivity index (χ4v) is 3.28. The molecule has 1 saturated heterocycles. The Hall–Kier alpha value is -1.30. The highest BCUT2D eigenvalue weighted by Crippen LogP contribution is 2.25. The van der Waals surface area contributed by atoms with Crippen LogP contribution in [0.1, 0.15) is 51.9 Å². The van der Waals surface area contributed by atoms with Gasteiger partial charge in [-0.25, -0.2) is 4.79 Å². The van der Waals surface area contributed by atoms with E-state index in [1.165, 1.54) is 0 Å². The highest BCUT2D eigenvalue weighted by molar-refractivity contribution is 5.75. The molecule has 2 amide bonds. The van der Waals surface area contributed by atoms with Crippen molar-refractivity contribution < 1.29 is 19.8 Å². The zero-order chi connectivity index (χ0) is 15.5. The van der Waals surface area contributed by atoms with E-state index in [-0.39, 0.29) is 18.0 Å². The summed E-state index contributed by atoms with van der Waals surface area (Å²) in [6.45, 7) is 3.01. The summed E-state index contributed by atoms with van der Waals surface area (Å²) >= 11 is 0. The fraction of sp³-hybridized carbons (Fsp3) is 0.867. The van der Waals surface area contributed by atoms with Gasteiger partial charge in [0.05, 0.1) is 11.5 Å². The molecule has 6 nitrogen and oxygen atoms in total. The van der Waals surface area contributed by atoms with Crippen LogP contribution in [-0.4, -0.2) is 51.8 Å². The maximum absolute atomic E-state index is 12.3. The molecule has 3 unspecified atom stereocenters. The van der Waals surface area contributed by atoms with Crippen molar-refractivity contribution in [1.82, 2.24) is 10.2 Å². The van der Waals surface area contributed by atoms with E-state index in [4.69, 9.17) is 5.11 Å². The number of likely N-dealkylation sites (tertiary alicyclic amines) is 1. The maximum atomic E-state index is 12.3. The number of carbonyl (C=O) groups excluding carboxylic acids is 1. The summed E-state index contributed by atoms with van der Waals surface area (Å²) in [6.07, 6.45) is 5.01. The van der Waals surface area contributed by atoms with Crippen LogP contribution < -0.4 is 5.32 Å². The number of aliphatic hydroxyl groups is 1. The van der Waals surface area contributed by atoms with E-state index in [0.717, 1.165) is 19.3 Å². The van der Waals surface area contributed by atoms with Gasteiger partial charge >= 0.3 is 12.0 Å². The molecular weight excluding hydrogens is 272 g/mol. The van der Waals surface area contributed by atoms with Crippen LogP contribution >= 0.6 is 0 Å². The van der Waals surface area contributed by atoms with Crippen molar-refractivity contribution in [2.45, 2.75) is 63.5 Å². The van der Waals surface area contributed by atoms with Crippen LogP contribution in [0.4, 0.5) is 4.79 Å². The fourth-order valence-electron chi connectivity index (χ4n) is 3.28. The molecule has 1 heterocycles. The first-order chi connectivity index (χ1) is 9.87. The van der Waals surface area contributed by atoms with Gasteiger partial charge in [0, 0.05) is 19.1 Å². The van der Waals surface area contributed by atoms with Crippen LogP contribution in [-0.2, 0) is 4.79 Å². The third-order valence-electron chi connectivity index (χ3n) is 4.70. The Labute approximate surface area is 125 Å². The lowest BCUT2D eigenvalue weighted by Gasteiger charge is -2.30. The van der Waals surface area contributed by atoms with Crippen LogP contribution in [0.5, 0.6) is 0 Å². The Kier molecular flexibility index (Phi) is 5.08. The molecule has 1 aliphatic carbocycles. The summed E-state index contributed by atoms with van der Waals surface area (Å²) in [6, 6.07) is -0.167. The lowest BCUT2D eigenvalue weighted by molar-refractivity contribution is -0.143. The number of carboxylic acids is 1. The number of nitrogens with zero attached hydrogens (tertiary/aromatic N) is 1. The topological polar surface area (TPSA) is 89.9 Å². The van der Waals surface area contributed by atoms with Gasteiger partial charge in [-0.2, -0.15) is 0 Å². The third kappa shape index (κ3) is 4.59. The molecule has 0 aromatic carbocycles. The van der Waals surface area contributed by atoms with Crippen LogP contribution in [0.3, 0.4) is 0 Å². The summed E-state index contributed by atoms with van der Waals surface area (Å²) in [5.41, 5.74) is -0.686. The largest absolute Gasteiger partial charge is 0.481 e. The highest BCUT2D eigenvalue weighted by Gasteiger charge is 2.31. The van der Waals surface area contributed by atoms with Gasteiger partial charge in [0.15, 0.2) is 0 Å². The van der Waals surface area contributed by atoms with Crippen LogP contribution in [0.2, 0.25) is 0 Å². The first-order valence-electron chi connectivity index (χ1n) is 7.88. The molecule has 1 aliphatic heterocycles. The molecule has 3 atom stereocenters. The molecule has 2 aliphatic rings. The van der Waals surface area contributed by atoms with Gasteiger partial charge in [0.1, 0.15) is 0 Å². The minimum absolute atomic E-state index is 0.0453. The quantitative estimate of drug-likeness (QED) is 0.722. The average molecular weight is 298 g/mol. The number of hydrogen-bond acceptors (Lipinski definition) is 3. The van der Waals surface area contributed by atoms with Gasteiger partial charge in [-0.1, -0.05) is 6.42 Å². The van der Waals surface area contributed by atoms with Crippen molar-refractivity contribution in [3.05, 3.63) is 0 Å². The molecule has 0 bridgehead atoms. The summed E-state index contributed by atoms with van der Waals surface area (Å²) in [4.78, 5) is 25.1. The van der Waals surface area contributed by atoms with Crippen LogP contribution in [0, 0.1) is 5.92 Å². The second kappa shape index (κ2) is 6.64. The van der Waals surface area contributed by atoms with Gasteiger partial charge in [-0.3, -0.25) is 4.79 Å². The summed E-state index contributed by atoms with van der Waals surface area (Å²) < 4.78 is 0. The van der Waals surface area contributed by atoms with E-state index >= 15 is 0 Å². The molecular formula is C15H26N2O4. The lowest BCUT2D eigenvalue weighted by atomic mass is 9.86. The monoisotopic (exact) mass is 298 g/mol. The van der Waals surface area contributed by atoms with Crippen molar-refractivity contribution in [3.8, 4) is 0 Å². The number of nitrogens with one attached hydrogen (secondary N) is 1. The van der Waals surface area contributed by atoms with Crippen molar-refractivity contribution in [3.63, 3.8) is 0 Å². The number of rotatable bonds is 2. The molecule has 0 radical (unpaired) electrons. The minimum atomic E-state index is -0.764. The van der Waals surface area contributed by atoms with Gasteiger partial charge in [0.2, 0.25) is 0 Å². The Bertz CT molecular complexity index is 397. The summed E-state index contributed by atoms with van der Waals surface area (Å²) in [5.74, 6) is -1.10. The summed E-state index contributed by atoms with van der Waals surface area (Å²) in [7, 11) is 0. The molecule has 0 aromatic rings. The van der Waals surface area contributed by atoms with Gasteiger partial charge < -0.3 is 20.4 Å². The smallest absolute Gasteiger partial charge is 0.317 e. The Morgan fingerprint density at radius 3 is 2.67 bits per heavy atom. The van der Waals surface area contributed by atoms with E-state index in [0.29, 0.717) is 38.8 Å². The molecule has 120 valence electrons. The number of carboxylic acid groups (broad SMARTS) is 1. The van der Waals surface area contributed by atoms with Crippen LogP contribution in [0.15, 0.2) is 0 Å². The normalized spacial score (nSPS) is 34.1. The number of amides is 2. The Morgan fingerprint density at radius 1 is 1.19 bits per heavy atom. The molecule has 2 fully saturated rings. The number of hydrogen-bond donors (Lipinski definition) is 3. The second-order valence-corrected chi connectivity index (χ2v) is 6.69. The Balaban J connectivity index is 1.85. The number of aliphatic carboxylic acids is 1. The van der Waals surface area contributed by atoms with E-state index in [9.17, 15) is 14.7 Å². The average Bonchev–Trinajstić information content (AvgIpc) is 2.60. The SMILES string of the molecule is CC1(O)CCCN(C(=O)NC2CCCC(C(=O)O)C2)CC1. The lowest BCUT2D eigenvalue weighted by Crippen LogP contribution is -2.47. The van der Waals surface area contributed by atoms with Crippen molar-refractivity contribution in [1.29, 1.82) is 0 Å². The van der Waals surface area contributed by atoms with E-state index in [2.05, 4.69) is 5.32 Å². The first-order valence-corrected chi connectivity index (χ1v) is 7.88. The standard InChI is InChI=1S/C15H26N2O4/c1-15(21)6-3-8-17(9-7-15)14(20)16-12-5-2-4-11(10-12)13(18)19/h11-12,21H,2-10H2,1H3,(H,16,20)(H,18,19). The Morgan fingerprint density at radius 2 is 1.95 bits per heavy atom. The molecule has 3 N–H and O–H groups in total. The maximum Gasteiger partial charge on any atom is 0.317 e. The predicted molar refractivity (Wildman–Crippen MR) is 78.0 cm³/mol. The minimum Gasteiger partial charge on any atom is -0.481 e. The van der Waals surface area contributed by atoms with Crippen molar-refractivity contribution >= 4 is 12.0 Å². The highest BCUT2D eigenvalue weighted by atomic mass is 16.4. The van der Waals surface area contributed by atoms with E-state index in [1.54, 1.807) is 4.90 Å². The second-order valence-electron chi connectivity index (χ2n) is 6.69. The molecule has 0 aromatic heterocycles. The predicted octanol–water partition coefficient (Wildman–Crippen LogP) is 1.58. The van der Waals surface area contributed by atoms with E-state index in [1.807, 2.05) is 6.92 Å². The molecule has 0 spiro atoms. The molecule has 1 saturated carbocycles. The zero-order valence-electron chi connectivity index (χ0n) is 12.7. The number of urea groups is 1. The zero-order valence-corrected chi connectivity index (χ0v) is 12.7. The van der Waals surface area contributed by atoms with Crippen LogP contribution in [0.25, 0.3) is 0 Å². The molecule has 6 heteroatoms. The van der Waals surface area contributed by atoms with Crippen molar-refractivity contribution in [2.75, 3.05) is 13.1 Å². The summed E-state index contributed by atoms with van der Waals surface area (Å²) in [5, 5.41) is 22.1. The molecule has 21 heavy (non-hydrogen) atoms. The first kappa shape index (κ1) is 16.1. The molecule has 2 rings (SSSR count). The van der Waals surface area contributed by atoms with Gasteiger partial charge in [0.25, 0.3) is 0 Å². The number of carbonyl (C=O) groups is 2. The van der Waals surface area contributed by atoms with Crippen molar-refractivity contribution in [2.24, 2.45) is 5.92 Å². The van der Waals surface area contributed by atoms with Gasteiger partial charge in [-0.15, -0.1) is 0 Å². The third-order valence-corrected chi connectivity index (χ3v) is 4.70.